The van der Waals surface area contributed by atoms with Gasteiger partial charge in [0.15, 0.2) is 5.65 Å². The number of hydrogen-bond donors (Lipinski definition) is 0. The van der Waals surface area contributed by atoms with E-state index >= 15 is 0 Å². The minimum Gasteiger partial charge on any atom is -0.497 e. The molecule has 0 unspecified atom stereocenters. The van der Waals surface area contributed by atoms with Gasteiger partial charge in [-0.05, 0) is 29.1 Å². The first-order chi connectivity index (χ1) is 10.8. The van der Waals surface area contributed by atoms with E-state index in [1.165, 1.54) is 22.1 Å². The molecule has 5 nitrogen and oxygen atoms in total. The normalized spacial score (nSPS) is 11.1. The van der Waals surface area contributed by atoms with Crippen LogP contribution in [0, 0.1) is 0 Å². The fraction of sp³-hybridized carbons (Fsp3) is 0.0625. The highest BCUT2D eigenvalue weighted by Crippen LogP contribution is 2.23. The van der Waals surface area contributed by atoms with Crippen molar-refractivity contribution in [3.05, 3.63) is 58.6 Å². The molecule has 0 aliphatic rings. The van der Waals surface area contributed by atoms with Crippen LogP contribution in [0.1, 0.15) is 0 Å². The zero-order chi connectivity index (χ0) is 15.1. The van der Waals surface area contributed by atoms with Gasteiger partial charge in [-0.3, -0.25) is 4.79 Å². The van der Waals surface area contributed by atoms with E-state index in [1.54, 1.807) is 13.3 Å². The lowest BCUT2D eigenvalue weighted by Crippen LogP contribution is -2.17. The molecule has 0 radical (unpaired) electrons. The van der Waals surface area contributed by atoms with Crippen LogP contribution in [0.15, 0.2) is 53.0 Å². The predicted molar refractivity (Wildman–Crippen MR) is 86.6 cm³/mol. The Bertz CT molecular complexity index is 1030. The van der Waals surface area contributed by atoms with Crippen molar-refractivity contribution in [2.24, 2.45) is 0 Å². The highest BCUT2D eigenvalue weighted by molar-refractivity contribution is 7.16. The zero-order valence-electron chi connectivity index (χ0n) is 11.7. The van der Waals surface area contributed by atoms with Crippen LogP contribution in [0.4, 0.5) is 0 Å². The number of methoxy groups -OCH3 is 1. The summed E-state index contributed by atoms with van der Waals surface area (Å²) in [5.41, 5.74) is 1.85. The summed E-state index contributed by atoms with van der Waals surface area (Å²) in [5, 5.41) is 2.84. The Morgan fingerprint density at radius 3 is 2.73 bits per heavy atom. The van der Waals surface area contributed by atoms with Crippen LogP contribution in [0.2, 0.25) is 0 Å². The minimum absolute atomic E-state index is 0.129. The molecule has 6 heteroatoms. The third-order valence-corrected chi connectivity index (χ3v) is 4.39. The van der Waals surface area contributed by atoms with E-state index in [4.69, 9.17) is 4.74 Å². The van der Waals surface area contributed by atoms with Gasteiger partial charge in [-0.25, -0.2) is 14.4 Å². The number of rotatable bonds is 2. The van der Waals surface area contributed by atoms with E-state index in [0.717, 1.165) is 21.5 Å². The van der Waals surface area contributed by atoms with E-state index < -0.39 is 0 Å². The molecular weight excluding hydrogens is 298 g/mol. The first kappa shape index (κ1) is 13.0. The second kappa shape index (κ2) is 4.92. The number of hydrogen-bond acceptors (Lipinski definition) is 5. The molecule has 0 saturated carbocycles. The molecule has 4 aromatic rings. The van der Waals surface area contributed by atoms with Crippen LogP contribution >= 0.6 is 11.3 Å². The first-order valence-corrected chi connectivity index (χ1v) is 7.54. The molecule has 22 heavy (non-hydrogen) atoms. The molecule has 0 amide bonds. The second-order valence-electron chi connectivity index (χ2n) is 4.78. The van der Waals surface area contributed by atoms with Crippen molar-refractivity contribution in [2.75, 3.05) is 7.11 Å². The van der Waals surface area contributed by atoms with Gasteiger partial charge in [0.1, 0.15) is 16.9 Å². The number of aromatic nitrogens is 3. The monoisotopic (exact) mass is 309 g/mol. The van der Waals surface area contributed by atoms with Crippen molar-refractivity contribution in [1.29, 1.82) is 0 Å². The fourth-order valence-electron chi connectivity index (χ4n) is 2.43. The summed E-state index contributed by atoms with van der Waals surface area (Å²) in [5.74, 6) is 0.749. The molecule has 108 valence electrons. The molecule has 0 fully saturated rings. The van der Waals surface area contributed by atoms with Crippen LogP contribution in [0.25, 0.3) is 27.0 Å². The van der Waals surface area contributed by atoms with E-state index in [2.05, 4.69) is 9.97 Å². The molecule has 0 saturated heterocycles. The van der Waals surface area contributed by atoms with Crippen LogP contribution in [-0.2, 0) is 0 Å². The Labute approximate surface area is 129 Å². The van der Waals surface area contributed by atoms with Crippen LogP contribution < -0.4 is 10.3 Å². The third-order valence-electron chi connectivity index (χ3n) is 3.57. The molecule has 0 atom stereocenters. The number of benzene rings is 1. The quantitative estimate of drug-likeness (QED) is 0.571. The smallest absolute Gasteiger partial charge is 0.266 e. The van der Waals surface area contributed by atoms with Gasteiger partial charge in [-0.15, -0.1) is 11.3 Å². The highest BCUT2D eigenvalue weighted by atomic mass is 32.1. The molecule has 0 spiro atoms. The Morgan fingerprint density at radius 1 is 1.14 bits per heavy atom. The molecule has 3 aromatic heterocycles. The predicted octanol–water partition coefficient (Wildman–Crippen LogP) is 2.98. The summed E-state index contributed by atoms with van der Waals surface area (Å²) in [6.45, 7) is 0. The van der Waals surface area contributed by atoms with Crippen LogP contribution in [0.5, 0.6) is 5.75 Å². The van der Waals surface area contributed by atoms with E-state index in [0.29, 0.717) is 11.2 Å². The third kappa shape index (κ3) is 1.88. The van der Waals surface area contributed by atoms with Gasteiger partial charge in [0.05, 0.1) is 18.1 Å². The maximum Gasteiger partial charge on any atom is 0.266 e. The average Bonchev–Trinajstić information content (AvgIpc) is 3.04. The van der Waals surface area contributed by atoms with Crippen molar-refractivity contribution in [2.45, 2.75) is 0 Å². The van der Waals surface area contributed by atoms with Crippen LogP contribution in [0.3, 0.4) is 0 Å². The lowest BCUT2D eigenvalue weighted by atomic mass is 10.1. The Hall–Kier alpha value is -2.73. The van der Waals surface area contributed by atoms with Gasteiger partial charge in [0.2, 0.25) is 0 Å². The summed E-state index contributed by atoms with van der Waals surface area (Å²) in [7, 11) is 1.61. The molecular formula is C16H11N3O2S. The fourth-order valence-corrected chi connectivity index (χ4v) is 3.15. The summed E-state index contributed by atoms with van der Waals surface area (Å²) in [6, 6.07) is 9.27. The van der Waals surface area contributed by atoms with E-state index in [1.807, 2.05) is 35.7 Å². The molecule has 0 bridgehead atoms. The van der Waals surface area contributed by atoms with E-state index in [9.17, 15) is 4.79 Å². The zero-order valence-corrected chi connectivity index (χ0v) is 12.5. The van der Waals surface area contributed by atoms with Crippen molar-refractivity contribution >= 4 is 27.2 Å². The maximum atomic E-state index is 12.7. The summed E-state index contributed by atoms with van der Waals surface area (Å²) in [4.78, 5) is 22.4. The largest absolute Gasteiger partial charge is 0.497 e. The number of nitrogens with zero attached hydrogens (tertiary/aromatic N) is 3. The van der Waals surface area contributed by atoms with Crippen molar-refractivity contribution in [3.63, 3.8) is 0 Å². The summed E-state index contributed by atoms with van der Waals surface area (Å²) in [6.07, 6.45) is 3.16. The molecule has 0 aliphatic carbocycles. The molecule has 0 aliphatic heterocycles. The standard InChI is InChI=1S/C16H11N3O2S/c1-21-11-4-2-10(3-5-11)13-8-17-14-12-6-7-22-15(12)18-9-19(14)16(13)20/h2-9H,1H3. The van der Waals surface area contributed by atoms with Crippen molar-refractivity contribution in [1.82, 2.24) is 14.4 Å². The number of ether oxygens (including phenoxy) is 1. The summed E-state index contributed by atoms with van der Waals surface area (Å²) < 4.78 is 6.63. The number of thiophene rings is 1. The van der Waals surface area contributed by atoms with E-state index in [-0.39, 0.29) is 5.56 Å². The Kier molecular flexibility index (Phi) is 2.90. The lowest BCUT2D eigenvalue weighted by Gasteiger charge is -2.06. The SMILES string of the molecule is COc1ccc(-c2cnc3c4ccsc4ncn3c2=O)cc1. The molecule has 4 rings (SSSR count). The van der Waals surface area contributed by atoms with Gasteiger partial charge in [-0.1, -0.05) is 12.1 Å². The Balaban J connectivity index is 1.97. The van der Waals surface area contributed by atoms with Crippen molar-refractivity contribution < 1.29 is 4.74 Å². The average molecular weight is 309 g/mol. The van der Waals surface area contributed by atoms with Gasteiger partial charge in [0, 0.05) is 6.20 Å². The van der Waals surface area contributed by atoms with Gasteiger partial charge in [0.25, 0.3) is 5.56 Å². The molecule has 1 aromatic carbocycles. The minimum atomic E-state index is -0.129. The van der Waals surface area contributed by atoms with Crippen molar-refractivity contribution in [3.8, 4) is 16.9 Å². The van der Waals surface area contributed by atoms with Gasteiger partial charge >= 0.3 is 0 Å². The topological polar surface area (TPSA) is 56.5 Å². The maximum absolute atomic E-state index is 12.7. The van der Waals surface area contributed by atoms with Gasteiger partial charge < -0.3 is 4.74 Å². The number of fused-ring (bicyclic) bond motifs is 3. The lowest BCUT2D eigenvalue weighted by molar-refractivity contribution is 0.415. The molecule has 3 heterocycles. The molecule has 0 N–H and O–H groups in total. The summed E-state index contributed by atoms with van der Waals surface area (Å²) >= 11 is 1.53. The Morgan fingerprint density at radius 2 is 1.95 bits per heavy atom. The van der Waals surface area contributed by atoms with Gasteiger partial charge in [-0.2, -0.15) is 0 Å². The highest BCUT2D eigenvalue weighted by Gasteiger charge is 2.10. The first-order valence-electron chi connectivity index (χ1n) is 6.66. The van der Waals surface area contributed by atoms with Crippen LogP contribution in [-0.4, -0.2) is 21.5 Å². The second-order valence-corrected chi connectivity index (χ2v) is 5.68.